The van der Waals surface area contributed by atoms with Crippen LogP contribution in [0.5, 0.6) is 11.5 Å². The average molecular weight is 784 g/mol. The van der Waals surface area contributed by atoms with E-state index in [9.17, 15) is 46.1 Å². The summed E-state index contributed by atoms with van der Waals surface area (Å²) >= 11 is 0. The summed E-state index contributed by atoms with van der Waals surface area (Å²) < 4.78 is 70.3. The van der Waals surface area contributed by atoms with Crippen LogP contribution in [0.2, 0.25) is 0 Å². The number of phenols is 2. The molecule has 4 aliphatic rings. The molecule has 5 N–H and O–H groups in total. The lowest BCUT2D eigenvalue weighted by atomic mass is 9.79. The molecular weight excluding hydrogens is 743 g/mol. The van der Waals surface area contributed by atoms with Crippen LogP contribution in [0.1, 0.15) is 53.6 Å². The van der Waals surface area contributed by atoms with Crippen molar-refractivity contribution >= 4 is 31.7 Å². The molecule has 0 aromatic heterocycles. The molecule has 8 bridgehead atoms. The number of hydrogen-bond acceptors (Lipinski definition) is 9. The third-order valence-corrected chi connectivity index (χ3v) is 12.7. The minimum atomic E-state index is -4.78. The SMILES string of the molecule is Cc1cc2c(O)c(c1)Cc1cc(S(=O)(=O)O)cc(c1O)CC1=CC(=CC=C3N(C)c4ccccc4C3(C)C)C=C(CC3C=C(S(=O)(=O)O)C=C(C2)C3O)C1=O. The zero-order valence-electron chi connectivity index (χ0n) is 30.6. The molecule has 286 valence electrons. The molecule has 3 aromatic carbocycles. The summed E-state index contributed by atoms with van der Waals surface area (Å²) in [6, 6.07) is 13.5. The van der Waals surface area contributed by atoms with Gasteiger partial charge in [0.2, 0.25) is 0 Å². The third-order valence-electron chi connectivity index (χ3n) is 11.0. The maximum Gasteiger partial charge on any atom is 0.294 e. The Balaban J connectivity index is 1.44. The molecule has 11 nitrogen and oxygen atoms in total. The van der Waals surface area contributed by atoms with Crippen LogP contribution in [0.15, 0.2) is 123 Å². The second kappa shape index (κ2) is 13.6. The normalized spacial score (nSPS) is 22.5. The van der Waals surface area contributed by atoms with Crippen LogP contribution in [0.4, 0.5) is 5.69 Å². The number of fused-ring (bicyclic) bond motifs is 9. The van der Waals surface area contributed by atoms with Crippen LogP contribution in [-0.2, 0) is 49.7 Å². The Morgan fingerprint density at radius 1 is 0.800 bits per heavy atom. The molecule has 3 aliphatic carbocycles. The van der Waals surface area contributed by atoms with Gasteiger partial charge in [-0.1, -0.05) is 61.9 Å². The maximum absolute atomic E-state index is 14.3. The highest BCUT2D eigenvalue weighted by Crippen LogP contribution is 2.47. The zero-order chi connectivity index (χ0) is 39.8. The van der Waals surface area contributed by atoms with E-state index in [-0.39, 0.29) is 76.0 Å². The van der Waals surface area contributed by atoms with Gasteiger partial charge < -0.3 is 20.2 Å². The second-order valence-electron chi connectivity index (χ2n) is 15.2. The van der Waals surface area contributed by atoms with Crippen LogP contribution < -0.4 is 4.90 Å². The second-order valence-corrected chi connectivity index (χ2v) is 18.0. The molecule has 0 spiro atoms. The highest BCUT2D eigenvalue weighted by Gasteiger charge is 2.38. The molecule has 13 heteroatoms. The predicted molar refractivity (Wildman–Crippen MR) is 208 cm³/mol. The number of Topliss-reactive ketones (excluding diaryl/α,β-unsaturated/α-hetero) is 1. The smallest absolute Gasteiger partial charge is 0.294 e. The van der Waals surface area contributed by atoms with Gasteiger partial charge in [-0.3, -0.25) is 13.9 Å². The number of carbonyl (C=O) groups is 1. The Bertz CT molecular complexity index is 2610. The predicted octanol–water partition coefficient (Wildman–Crippen LogP) is 6.09. The molecule has 2 unspecified atom stereocenters. The molecule has 2 atom stereocenters. The first-order valence-electron chi connectivity index (χ1n) is 17.7. The summed E-state index contributed by atoms with van der Waals surface area (Å²) in [7, 11) is -7.56. The summed E-state index contributed by atoms with van der Waals surface area (Å²) in [5.41, 5.74) is 5.22. The van der Waals surface area contributed by atoms with Crippen LogP contribution >= 0.6 is 0 Å². The van der Waals surface area contributed by atoms with Gasteiger partial charge in [-0.25, -0.2) is 0 Å². The minimum absolute atomic E-state index is 0.0340. The average Bonchev–Trinajstić information content (AvgIpc) is 3.29. The largest absolute Gasteiger partial charge is 0.507 e. The number of ketones is 1. The van der Waals surface area contributed by atoms with Crippen molar-refractivity contribution in [1.82, 2.24) is 0 Å². The maximum atomic E-state index is 14.3. The van der Waals surface area contributed by atoms with Crippen molar-refractivity contribution in [3.05, 3.63) is 151 Å². The van der Waals surface area contributed by atoms with Crippen molar-refractivity contribution < 1.29 is 46.1 Å². The Morgan fingerprint density at radius 2 is 1.40 bits per heavy atom. The standard InChI is InChI=1S/C42H41NO10S2/c1-23-11-25-15-29-19-33(54(48,49)50)21-31(40(29)46)17-27-13-24(9-10-37-42(2,3)35-7-5-6-8-36(35)43(37)4)14-28(39(27)45)18-32-22-34(55(51,52)53)20-30(41(32)47)16-26(12-23)38(25)44/h5-14,19-22,31,40,44,46-47H,15-18H2,1-4H3,(H,48,49,50)(H,51,52,53). The number of carbonyl (C=O) groups excluding carboxylic acids is 1. The lowest BCUT2D eigenvalue weighted by Crippen LogP contribution is -2.29. The van der Waals surface area contributed by atoms with Gasteiger partial charge in [0.1, 0.15) is 11.5 Å². The number of aliphatic hydroxyl groups is 1. The van der Waals surface area contributed by atoms with E-state index in [1.807, 2.05) is 37.4 Å². The first-order valence-corrected chi connectivity index (χ1v) is 20.5. The highest BCUT2D eigenvalue weighted by atomic mass is 32.2. The highest BCUT2D eigenvalue weighted by molar-refractivity contribution is 7.90. The minimum Gasteiger partial charge on any atom is -0.507 e. The number of para-hydroxylation sites is 1. The number of likely N-dealkylation sites (N-methyl/N-ethyl adjacent to an activating group) is 1. The lowest BCUT2D eigenvalue weighted by molar-refractivity contribution is -0.112. The molecule has 3 aromatic rings. The van der Waals surface area contributed by atoms with E-state index in [1.165, 1.54) is 6.08 Å². The Labute approximate surface area is 320 Å². The van der Waals surface area contributed by atoms with E-state index in [1.54, 1.807) is 31.2 Å². The molecule has 55 heavy (non-hydrogen) atoms. The van der Waals surface area contributed by atoms with Crippen LogP contribution in [0, 0.1) is 12.8 Å². The summed E-state index contributed by atoms with van der Waals surface area (Å²) in [6.07, 6.45) is 7.37. The molecule has 0 radical (unpaired) electrons. The third kappa shape index (κ3) is 7.14. The van der Waals surface area contributed by atoms with Crippen molar-refractivity contribution in [3.8, 4) is 11.5 Å². The number of aromatic hydroxyl groups is 2. The van der Waals surface area contributed by atoms with Gasteiger partial charge in [0.05, 0.1) is 15.9 Å². The molecule has 0 fully saturated rings. The van der Waals surface area contributed by atoms with Crippen LogP contribution in [-0.4, -0.2) is 60.2 Å². The van der Waals surface area contributed by atoms with Crippen molar-refractivity contribution in [2.24, 2.45) is 5.92 Å². The first-order chi connectivity index (χ1) is 25.7. The molecule has 0 saturated heterocycles. The fourth-order valence-corrected chi connectivity index (χ4v) is 9.48. The van der Waals surface area contributed by atoms with Gasteiger partial charge in [0.25, 0.3) is 20.2 Å². The number of benzene rings is 3. The molecule has 0 amide bonds. The van der Waals surface area contributed by atoms with Crippen molar-refractivity contribution in [2.75, 3.05) is 11.9 Å². The van der Waals surface area contributed by atoms with Gasteiger partial charge in [-0.2, -0.15) is 16.8 Å². The molecule has 1 heterocycles. The fourth-order valence-electron chi connectivity index (χ4n) is 8.25. The van der Waals surface area contributed by atoms with Crippen molar-refractivity contribution in [1.29, 1.82) is 0 Å². The summed E-state index contributed by atoms with van der Waals surface area (Å²) in [4.78, 5) is 15.5. The van der Waals surface area contributed by atoms with Gasteiger partial charge in [0.15, 0.2) is 5.78 Å². The number of aliphatic hydroxyl groups excluding tert-OH is 1. The van der Waals surface area contributed by atoms with E-state index in [0.29, 0.717) is 16.7 Å². The first kappa shape index (κ1) is 38.2. The fraction of sp³-hybridized carbons (Fsp3) is 0.262. The number of rotatable bonds is 3. The number of aryl methyl sites for hydroxylation is 1. The Morgan fingerprint density at radius 3 is 2.04 bits per heavy atom. The van der Waals surface area contributed by atoms with E-state index in [0.717, 1.165) is 35.2 Å². The molecule has 0 saturated carbocycles. The quantitative estimate of drug-likeness (QED) is 0.193. The van der Waals surface area contributed by atoms with E-state index in [4.69, 9.17) is 0 Å². The topological polar surface area (TPSA) is 190 Å². The number of nitrogens with zero attached hydrogens (tertiary/aromatic N) is 1. The zero-order valence-corrected chi connectivity index (χ0v) is 32.2. The molecular formula is C42H41NO10S2. The van der Waals surface area contributed by atoms with E-state index in [2.05, 4.69) is 24.8 Å². The summed E-state index contributed by atoms with van der Waals surface area (Å²) in [5.74, 6) is -2.03. The van der Waals surface area contributed by atoms with E-state index >= 15 is 0 Å². The van der Waals surface area contributed by atoms with Crippen molar-refractivity contribution in [2.45, 2.75) is 62.9 Å². The van der Waals surface area contributed by atoms with Crippen molar-refractivity contribution in [3.63, 3.8) is 0 Å². The monoisotopic (exact) mass is 783 g/mol. The Kier molecular flexibility index (Phi) is 9.46. The number of phenolic OH excluding ortho intramolecular Hbond substituents is 2. The van der Waals surface area contributed by atoms with Crippen LogP contribution in [0.25, 0.3) is 0 Å². The van der Waals surface area contributed by atoms with Gasteiger partial charge >= 0.3 is 0 Å². The number of anilines is 1. The Hall–Kier alpha value is -5.05. The van der Waals surface area contributed by atoms with Gasteiger partial charge in [-0.15, -0.1) is 0 Å². The van der Waals surface area contributed by atoms with Gasteiger partial charge in [-0.05, 0) is 90.1 Å². The summed E-state index contributed by atoms with van der Waals surface area (Å²) in [6.45, 7) is 5.96. The molecule has 1 aliphatic heterocycles. The van der Waals surface area contributed by atoms with E-state index < -0.39 is 47.8 Å². The summed E-state index contributed by atoms with van der Waals surface area (Å²) in [5, 5.41) is 34.8. The van der Waals surface area contributed by atoms with Gasteiger partial charge in [0, 0.05) is 64.9 Å². The number of allylic oxidation sites excluding steroid dienone is 9. The number of hydrogen-bond donors (Lipinski definition) is 5. The van der Waals surface area contributed by atoms with Crippen LogP contribution in [0.3, 0.4) is 0 Å². The lowest BCUT2D eigenvalue weighted by Gasteiger charge is -2.29. The molecule has 7 rings (SSSR count).